The van der Waals surface area contributed by atoms with Crippen molar-refractivity contribution in [2.45, 2.75) is 76.2 Å². The normalized spacial score (nSPS) is 13.4. The lowest BCUT2D eigenvalue weighted by Crippen LogP contribution is -2.60. The van der Waals surface area contributed by atoms with E-state index < -0.39 is 123 Å². The average Bonchev–Trinajstić information content (AvgIpc) is 3.24. The predicted octanol–water partition coefficient (Wildman–Crippen LogP) is -3.34. The van der Waals surface area contributed by atoms with E-state index in [2.05, 4.69) is 36.4 Å². The number of hydrogen-bond acceptors (Lipinski definition) is 15. The number of aromatic hydroxyl groups is 1. The summed E-state index contributed by atoms with van der Waals surface area (Å²) in [7, 11) is -4.87. The van der Waals surface area contributed by atoms with E-state index in [9.17, 15) is 63.0 Å². The van der Waals surface area contributed by atoms with Crippen molar-refractivity contribution < 1.29 is 86.8 Å². The van der Waals surface area contributed by atoms with Crippen molar-refractivity contribution in [2.24, 2.45) is 17.4 Å². The molecule has 27 heteroatoms. The lowest BCUT2D eigenvalue weighted by Gasteiger charge is -2.27. The van der Waals surface area contributed by atoms with Gasteiger partial charge in [0.15, 0.2) is 0 Å². The second-order valence-corrected chi connectivity index (χ2v) is 16.2. The van der Waals surface area contributed by atoms with E-state index >= 15 is 0 Å². The number of amides is 7. The van der Waals surface area contributed by atoms with Crippen LogP contribution >= 0.6 is 7.82 Å². The van der Waals surface area contributed by atoms with Crippen LogP contribution in [0, 0.1) is 5.92 Å². The summed E-state index contributed by atoms with van der Waals surface area (Å²) in [5.41, 5.74) is 11.4. The van der Waals surface area contributed by atoms with Gasteiger partial charge in [-0.15, -0.1) is 0 Å². The molecule has 7 amide bonds. The molecule has 67 heavy (non-hydrogen) atoms. The zero-order chi connectivity index (χ0) is 50.3. The summed E-state index contributed by atoms with van der Waals surface area (Å²) in [6.45, 7) is 2.38. The van der Waals surface area contributed by atoms with Crippen LogP contribution in [0.4, 0.5) is 0 Å². The maximum Gasteiger partial charge on any atom is 0.524 e. The number of benzene rings is 2. The van der Waals surface area contributed by atoms with Gasteiger partial charge in [0.05, 0.1) is 32.8 Å². The van der Waals surface area contributed by atoms with Crippen LogP contribution in [-0.2, 0) is 70.0 Å². The first-order chi connectivity index (χ1) is 31.5. The molecule has 0 saturated heterocycles. The number of aliphatic carboxylic acids is 2. The number of primary amides is 1. The molecule has 0 spiro atoms. The fourth-order valence-corrected chi connectivity index (χ4v) is 6.24. The lowest BCUT2D eigenvalue weighted by atomic mass is 10.00. The van der Waals surface area contributed by atoms with E-state index in [4.69, 9.17) is 30.7 Å². The highest BCUT2D eigenvalue weighted by Gasteiger charge is 2.34. The van der Waals surface area contributed by atoms with Crippen LogP contribution in [-0.4, -0.2) is 148 Å². The predicted molar refractivity (Wildman–Crippen MR) is 231 cm³/mol. The number of phosphoric ester groups is 1. The Hall–Kier alpha value is -6.70. The highest BCUT2D eigenvalue weighted by Crippen LogP contribution is 2.37. The number of hydrogen-bond donors (Lipinski definition) is 13. The Labute approximate surface area is 383 Å². The molecule has 0 bridgehead atoms. The van der Waals surface area contributed by atoms with Gasteiger partial charge in [0.25, 0.3) is 0 Å². The molecule has 2 aromatic carbocycles. The average molecular weight is 969 g/mol. The van der Waals surface area contributed by atoms with Crippen LogP contribution in [0.2, 0.25) is 0 Å². The van der Waals surface area contributed by atoms with Crippen molar-refractivity contribution in [2.75, 3.05) is 39.5 Å². The Morgan fingerprint density at radius 2 is 1.22 bits per heavy atom. The molecule has 5 atom stereocenters. The number of carboxylic acid groups (broad SMARTS) is 2. The van der Waals surface area contributed by atoms with Crippen LogP contribution in [0.5, 0.6) is 11.5 Å². The van der Waals surface area contributed by atoms with Gasteiger partial charge in [0.2, 0.25) is 41.4 Å². The summed E-state index contributed by atoms with van der Waals surface area (Å²) in [4.78, 5) is 133. The SMILES string of the molecule is CC(C)[C@H](NC(=O)[C@H](CC(N)=O)NC(=O)[C@H](Cc1ccc(O)cc1)NC(=O)CNC(=O)[C@H](CCC(=O)O)NC(=O)COCCOCCN)C(=O)N[C@@H](Cc1ccc(OP(=O)(O)O)cc1)C(=O)O. The van der Waals surface area contributed by atoms with Gasteiger partial charge in [0.1, 0.15) is 48.3 Å². The maximum absolute atomic E-state index is 13.8. The van der Waals surface area contributed by atoms with E-state index in [1.54, 1.807) is 0 Å². The fraction of sp³-hybridized carbons (Fsp3) is 0.475. The van der Waals surface area contributed by atoms with Gasteiger partial charge in [0, 0.05) is 25.8 Å². The van der Waals surface area contributed by atoms with Crippen LogP contribution < -0.4 is 47.9 Å². The van der Waals surface area contributed by atoms with Gasteiger partial charge >= 0.3 is 19.8 Å². The monoisotopic (exact) mass is 968 g/mol. The molecule has 26 nitrogen and oxygen atoms in total. The number of ether oxygens (including phenoxy) is 2. The molecule has 15 N–H and O–H groups in total. The summed E-state index contributed by atoms with van der Waals surface area (Å²) in [5.74, 6) is -10.8. The quantitative estimate of drug-likeness (QED) is 0.0259. The Bertz CT molecular complexity index is 2070. The Morgan fingerprint density at radius 3 is 1.78 bits per heavy atom. The molecule has 0 aliphatic heterocycles. The Morgan fingerprint density at radius 1 is 0.672 bits per heavy atom. The highest BCUT2D eigenvalue weighted by molar-refractivity contribution is 7.46. The van der Waals surface area contributed by atoms with Gasteiger partial charge in [-0.2, -0.15) is 0 Å². The molecule has 0 unspecified atom stereocenters. The number of phenolic OH excluding ortho intramolecular Hbond substituents is 1. The first kappa shape index (κ1) is 56.4. The van der Waals surface area contributed by atoms with Crippen molar-refractivity contribution >= 4 is 61.1 Å². The van der Waals surface area contributed by atoms with Crippen molar-refractivity contribution in [1.29, 1.82) is 0 Å². The van der Waals surface area contributed by atoms with Crippen LogP contribution in [0.3, 0.4) is 0 Å². The molecular weight excluding hydrogens is 911 g/mol. The number of nitrogens with one attached hydrogen (secondary N) is 6. The standard InChI is InChI=1S/C40H57N8O18P/c1-22(2)35(39(58)47-30(40(59)60)18-24-5-9-26(10-6-24)66-67(61,62)63)48-38(57)29(19-31(42)50)46-37(56)28(17-23-3-7-25(49)8-4-23)45-32(51)20-43-36(55)27(11-12-34(53)54)44-33(52)21-65-16-15-64-14-13-41/h3-10,22,27-30,35,49H,11-21,41H2,1-2H3,(H2,42,50)(H,43,55)(H,44,52)(H,45,51)(H,46,56)(H,47,58)(H,48,57)(H,53,54)(H,59,60)(H2,61,62,63)/t27-,28-,29-,30-,35-/m0/s1. The summed E-state index contributed by atoms with van der Waals surface area (Å²) in [5, 5.41) is 42.9. The fourth-order valence-electron chi connectivity index (χ4n) is 5.85. The molecule has 0 aromatic heterocycles. The van der Waals surface area contributed by atoms with Gasteiger partial charge in [-0.05, 0) is 47.7 Å². The molecule has 0 radical (unpaired) electrons. The van der Waals surface area contributed by atoms with Crippen molar-refractivity contribution in [1.82, 2.24) is 31.9 Å². The minimum absolute atomic E-state index is 0.0157. The Balaban J connectivity index is 2.23. The first-order valence-electron chi connectivity index (χ1n) is 20.5. The lowest BCUT2D eigenvalue weighted by molar-refractivity contribution is -0.142. The molecular formula is C40H57N8O18P. The van der Waals surface area contributed by atoms with E-state index in [0.29, 0.717) is 11.1 Å². The number of rotatable bonds is 31. The largest absolute Gasteiger partial charge is 0.524 e. The summed E-state index contributed by atoms with van der Waals surface area (Å²) >= 11 is 0. The second-order valence-electron chi connectivity index (χ2n) is 15.0. The van der Waals surface area contributed by atoms with Gasteiger partial charge < -0.3 is 72.7 Å². The Kier molecular flexibility index (Phi) is 23.9. The third-order valence-corrected chi connectivity index (χ3v) is 9.55. The smallest absolute Gasteiger partial charge is 0.508 e. The molecule has 2 rings (SSSR count). The number of phosphoric acid groups is 1. The second kappa shape index (κ2) is 28.4. The summed E-state index contributed by atoms with van der Waals surface area (Å²) in [6, 6.07) is 2.56. The van der Waals surface area contributed by atoms with Crippen LogP contribution in [0.25, 0.3) is 0 Å². The van der Waals surface area contributed by atoms with E-state index in [0.717, 1.165) is 0 Å². The minimum Gasteiger partial charge on any atom is -0.508 e. The summed E-state index contributed by atoms with van der Waals surface area (Å²) < 4.78 is 25.9. The number of phenols is 1. The third kappa shape index (κ3) is 22.9. The summed E-state index contributed by atoms with van der Waals surface area (Å²) in [6.07, 6.45) is -2.36. The van der Waals surface area contributed by atoms with Crippen molar-refractivity contribution in [3.05, 3.63) is 59.7 Å². The molecule has 0 fully saturated rings. The highest BCUT2D eigenvalue weighted by atomic mass is 31.2. The van der Waals surface area contributed by atoms with Gasteiger partial charge in [-0.1, -0.05) is 38.1 Å². The number of carboxylic acids is 2. The zero-order valence-corrected chi connectivity index (χ0v) is 37.4. The minimum atomic E-state index is -4.87. The molecule has 0 saturated carbocycles. The molecule has 370 valence electrons. The van der Waals surface area contributed by atoms with E-state index in [-0.39, 0.29) is 57.1 Å². The molecule has 0 aliphatic rings. The number of carbonyl (C=O) groups excluding carboxylic acids is 7. The molecule has 2 aromatic rings. The topological polar surface area (TPSA) is 424 Å². The molecule has 0 aliphatic carbocycles. The maximum atomic E-state index is 13.8. The number of nitrogens with two attached hydrogens (primary N) is 2. The zero-order valence-electron chi connectivity index (χ0n) is 36.5. The van der Waals surface area contributed by atoms with Crippen molar-refractivity contribution in [3.8, 4) is 11.5 Å². The van der Waals surface area contributed by atoms with E-state index in [1.165, 1.54) is 62.4 Å². The van der Waals surface area contributed by atoms with Gasteiger partial charge in [-0.25, -0.2) is 9.36 Å². The third-order valence-electron chi connectivity index (χ3n) is 9.10. The van der Waals surface area contributed by atoms with Gasteiger partial charge in [-0.3, -0.25) is 48.1 Å². The van der Waals surface area contributed by atoms with Crippen LogP contribution in [0.15, 0.2) is 48.5 Å². The van der Waals surface area contributed by atoms with Crippen molar-refractivity contribution in [3.63, 3.8) is 0 Å². The number of carbonyl (C=O) groups is 9. The molecule has 0 heterocycles. The van der Waals surface area contributed by atoms with E-state index in [1.807, 2.05) is 0 Å². The first-order valence-corrected chi connectivity index (χ1v) is 22.0. The van der Waals surface area contributed by atoms with Crippen LogP contribution in [0.1, 0.15) is 44.2 Å².